The fourth-order valence-corrected chi connectivity index (χ4v) is 2.67. The van der Waals surface area contributed by atoms with Crippen molar-refractivity contribution in [2.75, 3.05) is 25.7 Å². The molecule has 0 spiro atoms. The van der Waals surface area contributed by atoms with Gasteiger partial charge in [-0.3, -0.25) is 9.59 Å². The Balaban J connectivity index is 2.20. The molecule has 0 N–H and O–H groups in total. The van der Waals surface area contributed by atoms with E-state index in [0.29, 0.717) is 28.8 Å². The summed E-state index contributed by atoms with van der Waals surface area (Å²) in [6.45, 7) is 5.20. The molecule has 0 saturated heterocycles. The van der Waals surface area contributed by atoms with E-state index in [0.717, 1.165) is 10.5 Å². The molecule has 7 heteroatoms. The number of carbonyl (C=O) groups is 2. The highest BCUT2D eigenvalue weighted by Gasteiger charge is 2.23. The average molecular weight is 383 g/mol. The van der Waals surface area contributed by atoms with Crippen LogP contribution in [0, 0.1) is 0 Å². The zero-order valence-corrected chi connectivity index (χ0v) is 16.8. The second-order valence-corrected chi connectivity index (χ2v) is 6.41. The lowest BCUT2D eigenvalue weighted by molar-refractivity contribution is -0.124. The maximum Gasteiger partial charge on any atom is 0.257 e. The summed E-state index contributed by atoms with van der Waals surface area (Å²) in [5.74, 6) is 0.429. The average Bonchev–Trinajstić information content (AvgIpc) is 2.68. The predicted molar refractivity (Wildman–Crippen MR) is 108 cm³/mol. The molecule has 2 amide bonds. The highest BCUT2D eigenvalue weighted by atomic mass is 16.5. The molecule has 7 nitrogen and oxygen atoms in total. The van der Waals surface area contributed by atoms with Crippen LogP contribution in [0.2, 0.25) is 0 Å². The van der Waals surface area contributed by atoms with Crippen molar-refractivity contribution in [3.63, 3.8) is 0 Å². The minimum absolute atomic E-state index is 0.285. The van der Waals surface area contributed by atoms with Crippen LogP contribution in [0.15, 0.2) is 52.7 Å². The van der Waals surface area contributed by atoms with E-state index in [1.54, 1.807) is 37.4 Å². The van der Waals surface area contributed by atoms with Gasteiger partial charge < -0.3 is 9.47 Å². The number of nitrogens with zero attached hydrogens (tertiary/aromatic N) is 3. The number of ether oxygens (including phenoxy) is 2. The zero-order valence-electron chi connectivity index (χ0n) is 16.8. The molecule has 28 heavy (non-hydrogen) atoms. The van der Waals surface area contributed by atoms with Gasteiger partial charge in [0, 0.05) is 6.92 Å². The molecular formula is C21H25N3O4. The smallest absolute Gasteiger partial charge is 0.257 e. The lowest BCUT2D eigenvalue weighted by Crippen LogP contribution is -2.37. The first-order valence-electron chi connectivity index (χ1n) is 8.91. The molecule has 0 aromatic heterocycles. The Kier molecular flexibility index (Phi) is 7.26. The number of benzene rings is 2. The van der Waals surface area contributed by atoms with Gasteiger partial charge in [0.15, 0.2) is 0 Å². The van der Waals surface area contributed by atoms with Crippen molar-refractivity contribution < 1.29 is 19.1 Å². The third kappa shape index (κ3) is 4.94. The van der Waals surface area contributed by atoms with E-state index >= 15 is 0 Å². The molecule has 0 aliphatic carbocycles. The van der Waals surface area contributed by atoms with Gasteiger partial charge in [-0.1, -0.05) is 32.0 Å². The Hall–Kier alpha value is -3.22. The summed E-state index contributed by atoms with van der Waals surface area (Å²) in [7, 11) is 3.04. The second-order valence-electron chi connectivity index (χ2n) is 6.41. The largest absolute Gasteiger partial charge is 0.495 e. The predicted octanol–water partition coefficient (Wildman–Crippen LogP) is 4.49. The van der Waals surface area contributed by atoms with Crippen molar-refractivity contribution in [3.05, 3.63) is 48.0 Å². The van der Waals surface area contributed by atoms with Crippen LogP contribution >= 0.6 is 0 Å². The third-order valence-electron chi connectivity index (χ3n) is 4.15. The summed E-state index contributed by atoms with van der Waals surface area (Å²) < 4.78 is 10.6. The van der Waals surface area contributed by atoms with Gasteiger partial charge in [-0.2, -0.15) is 10.2 Å². The van der Waals surface area contributed by atoms with Crippen molar-refractivity contribution in [1.82, 2.24) is 0 Å². The number of imide groups is 1. The van der Waals surface area contributed by atoms with Gasteiger partial charge >= 0.3 is 0 Å². The number of anilines is 1. The normalized spacial score (nSPS) is 10.9. The van der Waals surface area contributed by atoms with Crippen LogP contribution in [0.25, 0.3) is 0 Å². The summed E-state index contributed by atoms with van der Waals surface area (Å²) in [6, 6.07) is 12.5. The fourth-order valence-electron chi connectivity index (χ4n) is 2.67. The van der Waals surface area contributed by atoms with Gasteiger partial charge in [0.1, 0.15) is 23.7 Å². The highest BCUT2D eigenvalue weighted by Crippen LogP contribution is 2.31. The fraction of sp³-hybridized carbons (Fsp3) is 0.333. The molecule has 0 atom stereocenters. The van der Waals surface area contributed by atoms with Crippen LogP contribution < -0.4 is 14.4 Å². The molecule has 0 unspecified atom stereocenters. The van der Waals surface area contributed by atoms with E-state index in [9.17, 15) is 9.59 Å². The number of azo groups is 1. The molecule has 2 rings (SSSR count). The number of carbonyl (C=O) groups excluding carboxylic acids is 2. The van der Waals surface area contributed by atoms with Crippen LogP contribution in [0.1, 0.15) is 32.3 Å². The van der Waals surface area contributed by atoms with Crippen molar-refractivity contribution >= 4 is 23.2 Å². The van der Waals surface area contributed by atoms with E-state index in [-0.39, 0.29) is 6.54 Å². The third-order valence-corrected chi connectivity index (χ3v) is 4.15. The first-order valence-corrected chi connectivity index (χ1v) is 8.91. The highest BCUT2D eigenvalue weighted by molar-refractivity contribution is 6.15. The molecule has 0 radical (unpaired) electrons. The molecule has 148 valence electrons. The van der Waals surface area contributed by atoms with Crippen LogP contribution in [-0.4, -0.2) is 32.6 Å². The first-order chi connectivity index (χ1) is 13.4. The Morgan fingerprint density at radius 1 is 1.04 bits per heavy atom. The van der Waals surface area contributed by atoms with E-state index in [1.807, 2.05) is 12.1 Å². The number of rotatable bonds is 7. The first kappa shape index (κ1) is 21.1. The zero-order chi connectivity index (χ0) is 20.7. The minimum Gasteiger partial charge on any atom is -0.495 e. The molecule has 0 heterocycles. The number of hydrogen-bond donors (Lipinski definition) is 0. The lowest BCUT2D eigenvalue weighted by atomic mass is 10.0. The van der Waals surface area contributed by atoms with Crippen LogP contribution in [0.4, 0.5) is 11.4 Å². The molecule has 2 aromatic rings. The Labute approximate surface area is 165 Å². The number of amides is 2. The van der Waals surface area contributed by atoms with E-state index in [2.05, 4.69) is 24.1 Å². The summed E-state index contributed by atoms with van der Waals surface area (Å²) in [5, 5.41) is 8.08. The van der Waals surface area contributed by atoms with Gasteiger partial charge in [0.05, 0.1) is 19.9 Å². The summed E-state index contributed by atoms with van der Waals surface area (Å²) >= 11 is 0. The second kappa shape index (κ2) is 9.64. The minimum atomic E-state index is -0.501. The summed E-state index contributed by atoms with van der Waals surface area (Å²) in [5.41, 5.74) is 2.01. The van der Waals surface area contributed by atoms with E-state index in [4.69, 9.17) is 9.47 Å². The SMILES string of the molecule is COc1cc(C(C)C)ccc1N=NCC(=O)N(C(C)=O)c1ccccc1OC. The molecule has 0 bridgehead atoms. The molecule has 0 fully saturated rings. The molecule has 0 aliphatic heterocycles. The van der Waals surface area contributed by atoms with E-state index < -0.39 is 11.8 Å². The summed E-state index contributed by atoms with van der Waals surface area (Å²) in [6.07, 6.45) is 0. The number of hydrogen-bond acceptors (Lipinski definition) is 6. The van der Waals surface area contributed by atoms with Gasteiger partial charge in [-0.25, -0.2) is 4.90 Å². The summed E-state index contributed by atoms with van der Waals surface area (Å²) in [4.78, 5) is 25.7. The quantitative estimate of drug-likeness (QED) is 0.660. The van der Waals surface area contributed by atoms with Gasteiger partial charge in [0.2, 0.25) is 5.91 Å². The molecule has 0 saturated carbocycles. The monoisotopic (exact) mass is 383 g/mol. The van der Waals surface area contributed by atoms with Crippen molar-refractivity contribution in [2.24, 2.45) is 10.2 Å². The maximum absolute atomic E-state index is 12.6. The Morgan fingerprint density at radius 2 is 1.71 bits per heavy atom. The number of methoxy groups -OCH3 is 2. The van der Waals surface area contributed by atoms with Gasteiger partial charge in [0.25, 0.3) is 5.91 Å². The molecule has 0 aliphatic rings. The van der Waals surface area contributed by atoms with Crippen molar-refractivity contribution in [3.8, 4) is 11.5 Å². The molecule has 2 aromatic carbocycles. The Morgan fingerprint density at radius 3 is 2.32 bits per heavy atom. The molecular weight excluding hydrogens is 358 g/mol. The van der Waals surface area contributed by atoms with Crippen molar-refractivity contribution in [2.45, 2.75) is 26.7 Å². The maximum atomic E-state index is 12.6. The van der Waals surface area contributed by atoms with E-state index in [1.165, 1.54) is 14.0 Å². The van der Waals surface area contributed by atoms with Gasteiger partial charge in [-0.15, -0.1) is 0 Å². The van der Waals surface area contributed by atoms with Crippen molar-refractivity contribution in [1.29, 1.82) is 0 Å². The standard InChI is InChI=1S/C21H25N3O4/c1-14(2)16-10-11-17(20(12-16)28-5)23-22-13-21(26)24(15(3)25)18-8-6-7-9-19(18)27-4/h6-12,14H,13H2,1-5H3. The number of para-hydroxylation sites is 2. The van der Waals surface area contributed by atoms with Gasteiger partial charge in [-0.05, 0) is 35.7 Å². The van der Waals surface area contributed by atoms with Crippen LogP contribution in [0.5, 0.6) is 11.5 Å². The lowest BCUT2D eigenvalue weighted by Gasteiger charge is -2.20. The van der Waals surface area contributed by atoms with Crippen LogP contribution in [-0.2, 0) is 9.59 Å². The topological polar surface area (TPSA) is 80.6 Å². The Bertz CT molecular complexity index is 878. The van der Waals surface area contributed by atoms with Crippen LogP contribution in [0.3, 0.4) is 0 Å².